The van der Waals surface area contributed by atoms with E-state index >= 15 is 0 Å². The van der Waals surface area contributed by atoms with E-state index in [9.17, 15) is 0 Å². The van der Waals surface area contributed by atoms with E-state index in [1.54, 1.807) is 0 Å². The third-order valence-electron chi connectivity index (χ3n) is 1.66. The van der Waals surface area contributed by atoms with Crippen LogP contribution in [0.5, 0.6) is 0 Å². The molecule has 2 aliphatic rings. The smallest absolute Gasteiger partial charge is 0.129 e. The van der Waals surface area contributed by atoms with E-state index < -0.39 is 0 Å². The molecule has 2 fully saturated rings. The number of ether oxygens (including phenoxy) is 2. The number of nitrogens with one attached hydrogen (secondary N) is 1. The molecule has 8 heavy (non-hydrogen) atoms. The molecule has 3 heteroatoms. The molecule has 2 heterocycles. The van der Waals surface area contributed by atoms with Gasteiger partial charge in [0, 0.05) is 6.54 Å². The zero-order chi connectivity index (χ0) is 5.45. The largest absolute Gasteiger partial charge is 0.375 e. The fraction of sp³-hybridized carbons (Fsp3) is 1.00. The van der Waals surface area contributed by atoms with Gasteiger partial charge in [0.05, 0.1) is 19.9 Å². The molecule has 46 valence electrons. The highest BCUT2D eigenvalue weighted by atomic mass is 16.6. The second-order valence-corrected chi connectivity index (χ2v) is 2.39. The minimum Gasteiger partial charge on any atom is -0.375 e. The topological polar surface area (TPSA) is 30.5 Å². The minimum atomic E-state index is 0.0833. The number of hydrogen-bond acceptors (Lipinski definition) is 3. The Labute approximate surface area is 48.0 Å². The van der Waals surface area contributed by atoms with Crippen molar-refractivity contribution in [1.82, 2.24) is 5.32 Å². The summed E-state index contributed by atoms with van der Waals surface area (Å²) >= 11 is 0. The summed E-state index contributed by atoms with van der Waals surface area (Å²) in [6.07, 6.45) is 0. The Morgan fingerprint density at radius 2 is 2.25 bits per heavy atom. The van der Waals surface area contributed by atoms with E-state index in [4.69, 9.17) is 9.47 Å². The maximum atomic E-state index is 5.34. The lowest BCUT2D eigenvalue weighted by molar-refractivity contribution is -0.177. The molecule has 2 aliphatic heterocycles. The molecule has 0 aromatic carbocycles. The van der Waals surface area contributed by atoms with Crippen molar-refractivity contribution in [2.45, 2.75) is 5.60 Å². The van der Waals surface area contributed by atoms with E-state index in [0.29, 0.717) is 6.73 Å². The van der Waals surface area contributed by atoms with Crippen LogP contribution in [0.3, 0.4) is 0 Å². The van der Waals surface area contributed by atoms with Crippen LogP contribution >= 0.6 is 0 Å². The molecule has 1 spiro atoms. The van der Waals surface area contributed by atoms with Gasteiger partial charge in [-0.05, 0) is 0 Å². The van der Waals surface area contributed by atoms with Gasteiger partial charge >= 0.3 is 0 Å². The molecule has 0 bridgehead atoms. The van der Waals surface area contributed by atoms with Gasteiger partial charge in [0.15, 0.2) is 0 Å². The molecule has 0 unspecified atom stereocenters. The lowest BCUT2D eigenvalue weighted by Crippen LogP contribution is -2.52. The van der Waals surface area contributed by atoms with Gasteiger partial charge in [-0.15, -0.1) is 0 Å². The minimum absolute atomic E-state index is 0.0833. The molecule has 0 atom stereocenters. The first-order valence-corrected chi connectivity index (χ1v) is 2.84. The fourth-order valence-corrected chi connectivity index (χ4v) is 1.05. The summed E-state index contributed by atoms with van der Waals surface area (Å²) in [6.45, 7) is 3.22. The summed E-state index contributed by atoms with van der Waals surface area (Å²) < 4.78 is 10.3. The van der Waals surface area contributed by atoms with Crippen molar-refractivity contribution in [2.75, 3.05) is 26.5 Å². The lowest BCUT2D eigenvalue weighted by atomic mass is 10.0. The van der Waals surface area contributed by atoms with Crippen LogP contribution in [0, 0.1) is 0 Å². The van der Waals surface area contributed by atoms with Gasteiger partial charge in [-0.25, -0.2) is 0 Å². The Bertz CT molecular complexity index is 92.6. The van der Waals surface area contributed by atoms with E-state index in [-0.39, 0.29) is 5.60 Å². The zero-order valence-corrected chi connectivity index (χ0v) is 4.64. The summed E-state index contributed by atoms with van der Waals surface area (Å²) in [7, 11) is 0. The molecule has 1 N–H and O–H groups in total. The molecule has 2 saturated heterocycles. The molecular formula is C5H9NO2. The predicted octanol–water partition coefficient (Wildman–Crippen LogP) is -0.667. The standard InChI is InChI=1S/C5H9NO2/c1-5(2-7-3-5)8-4-6-1/h6H,1-4H2. The predicted molar refractivity (Wildman–Crippen MR) is 27.5 cm³/mol. The normalized spacial score (nSPS) is 33.0. The van der Waals surface area contributed by atoms with E-state index in [1.165, 1.54) is 0 Å². The van der Waals surface area contributed by atoms with Gasteiger partial charge in [0.2, 0.25) is 0 Å². The summed E-state index contributed by atoms with van der Waals surface area (Å²) in [5.41, 5.74) is 0.0833. The van der Waals surface area contributed by atoms with Gasteiger partial charge in [0.25, 0.3) is 0 Å². The van der Waals surface area contributed by atoms with Gasteiger partial charge < -0.3 is 9.47 Å². The van der Waals surface area contributed by atoms with E-state index in [1.807, 2.05) is 0 Å². The third-order valence-corrected chi connectivity index (χ3v) is 1.66. The average Bonchev–Trinajstić information content (AvgIpc) is 2.07. The summed E-state index contributed by atoms with van der Waals surface area (Å²) in [6, 6.07) is 0. The molecule has 0 aromatic heterocycles. The molecule has 0 amide bonds. The van der Waals surface area contributed by atoms with Crippen molar-refractivity contribution in [2.24, 2.45) is 0 Å². The Morgan fingerprint density at radius 1 is 1.38 bits per heavy atom. The fourth-order valence-electron chi connectivity index (χ4n) is 1.05. The maximum Gasteiger partial charge on any atom is 0.129 e. The Kier molecular flexibility index (Phi) is 0.848. The lowest BCUT2D eigenvalue weighted by Gasteiger charge is -2.35. The number of rotatable bonds is 0. The van der Waals surface area contributed by atoms with Crippen LogP contribution in [-0.2, 0) is 9.47 Å². The highest BCUT2D eigenvalue weighted by Gasteiger charge is 2.42. The SMILES string of the molecule is C1NCC2(COC2)O1. The van der Waals surface area contributed by atoms with Gasteiger partial charge in [-0.1, -0.05) is 0 Å². The van der Waals surface area contributed by atoms with Crippen molar-refractivity contribution < 1.29 is 9.47 Å². The first-order valence-electron chi connectivity index (χ1n) is 2.84. The molecule has 0 aromatic rings. The van der Waals surface area contributed by atoms with Crippen molar-refractivity contribution in [3.63, 3.8) is 0 Å². The van der Waals surface area contributed by atoms with Crippen LogP contribution < -0.4 is 5.32 Å². The zero-order valence-electron chi connectivity index (χ0n) is 4.64. The summed E-state index contributed by atoms with van der Waals surface area (Å²) in [5, 5.41) is 3.11. The molecule has 0 radical (unpaired) electrons. The second kappa shape index (κ2) is 1.43. The van der Waals surface area contributed by atoms with E-state index in [0.717, 1.165) is 19.8 Å². The second-order valence-electron chi connectivity index (χ2n) is 2.39. The first-order chi connectivity index (χ1) is 3.91. The molecule has 0 aliphatic carbocycles. The monoisotopic (exact) mass is 115 g/mol. The Hall–Kier alpha value is -0.120. The first kappa shape index (κ1) is 4.73. The van der Waals surface area contributed by atoms with Crippen molar-refractivity contribution in [3.05, 3.63) is 0 Å². The Balaban J connectivity index is 2.01. The van der Waals surface area contributed by atoms with Crippen molar-refractivity contribution in [3.8, 4) is 0 Å². The molecule has 3 nitrogen and oxygen atoms in total. The van der Waals surface area contributed by atoms with Crippen LogP contribution in [0.15, 0.2) is 0 Å². The van der Waals surface area contributed by atoms with Crippen molar-refractivity contribution >= 4 is 0 Å². The van der Waals surface area contributed by atoms with Gasteiger partial charge in [-0.2, -0.15) is 0 Å². The summed E-state index contributed by atoms with van der Waals surface area (Å²) in [5.74, 6) is 0. The summed E-state index contributed by atoms with van der Waals surface area (Å²) in [4.78, 5) is 0. The molecule has 0 saturated carbocycles. The highest BCUT2D eigenvalue weighted by Crippen LogP contribution is 2.23. The van der Waals surface area contributed by atoms with Crippen LogP contribution in [0.1, 0.15) is 0 Å². The maximum absolute atomic E-state index is 5.34. The van der Waals surface area contributed by atoms with E-state index in [2.05, 4.69) is 5.32 Å². The third kappa shape index (κ3) is 0.491. The van der Waals surface area contributed by atoms with Crippen molar-refractivity contribution in [1.29, 1.82) is 0 Å². The quantitative estimate of drug-likeness (QED) is 0.454. The van der Waals surface area contributed by atoms with Crippen LogP contribution in [-0.4, -0.2) is 32.1 Å². The van der Waals surface area contributed by atoms with Gasteiger partial charge in [-0.3, -0.25) is 5.32 Å². The van der Waals surface area contributed by atoms with Crippen LogP contribution in [0.4, 0.5) is 0 Å². The molecule has 2 rings (SSSR count). The van der Waals surface area contributed by atoms with Crippen LogP contribution in [0.25, 0.3) is 0 Å². The Morgan fingerprint density at radius 3 is 2.50 bits per heavy atom. The highest BCUT2D eigenvalue weighted by molar-refractivity contribution is 4.92. The number of hydrogen-bond donors (Lipinski definition) is 1. The molecular weight excluding hydrogens is 106 g/mol. The van der Waals surface area contributed by atoms with Gasteiger partial charge in [0.1, 0.15) is 5.60 Å². The van der Waals surface area contributed by atoms with Crippen LogP contribution in [0.2, 0.25) is 0 Å². The average molecular weight is 115 g/mol.